The van der Waals surface area contributed by atoms with Crippen molar-refractivity contribution >= 4 is 40.4 Å². The van der Waals surface area contributed by atoms with Gasteiger partial charge in [0, 0.05) is 51.9 Å². The molecule has 1 aliphatic heterocycles. The van der Waals surface area contributed by atoms with Gasteiger partial charge in [0.05, 0.1) is 23.8 Å². The van der Waals surface area contributed by atoms with Gasteiger partial charge in [-0.1, -0.05) is 0 Å². The number of nitrogens with zero attached hydrogens (tertiary/aromatic N) is 7. The van der Waals surface area contributed by atoms with E-state index in [2.05, 4.69) is 25.4 Å². The lowest BCUT2D eigenvalue weighted by Crippen LogP contribution is -2.45. The van der Waals surface area contributed by atoms with E-state index in [1.807, 2.05) is 4.90 Å². The van der Waals surface area contributed by atoms with Crippen molar-refractivity contribution < 1.29 is 14.0 Å². The van der Waals surface area contributed by atoms with Gasteiger partial charge in [0.15, 0.2) is 17.1 Å². The van der Waals surface area contributed by atoms with Crippen molar-refractivity contribution in [3.05, 3.63) is 53.7 Å². The second-order valence-electron chi connectivity index (χ2n) is 8.36. The molecule has 2 amide bonds. The fourth-order valence-electron chi connectivity index (χ4n) is 3.75. The molecular weight excluding hydrogens is 438 g/mol. The standard InChI is InChI=1S/C22H23N9O3/c1-29(2)21(33)12-4-5-15-17(6-12)34-22(28-15)31-9-13(10-31)16-8-24-20(18(27-16)19(23)32)26-14-7-25-30(3)11-14/h4-8,11,13H,9-10H2,1-3H3,(H2,23,32)(H,24,26). The molecule has 1 aromatic carbocycles. The maximum atomic E-state index is 12.2. The zero-order valence-corrected chi connectivity index (χ0v) is 18.9. The van der Waals surface area contributed by atoms with Crippen LogP contribution in [0.5, 0.6) is 0 Å². The van der Waals surface area contributed by atoms with Gasteiger partial charge >= 0.3 is 0 Å². The predicted molar refractivity (Wildman–Crippen MR) is 124 cm³/mol. The average molecular weight is 461 g/mol. The van der Waals surface area contributed by atoms with E-state index in [1.165, 1.54) is 4.90 Å². The number of benzene rings is 1. The van der Waals surface area contributed by atoms with Gasteiger partial charge in [-0.15, -0.1) is 0 Å². The normalized spacial score (nSPS) is 13.7. The minimum Gasteiger partial charge on any atom is -0.423 e. The van der Waals surface area contributed by atoms with Crippen LogP contribution in [0.15, 0.2) is 41.2 Å². The van der Waals surface area contributed by atoms with Crippen LogP contribution in [0.4, 0.5) is 17.5 Å². The number of nitrogens with two attached hydrogens (primary N) is 1. The summed E-state index contributed by atoms with van der Waals surface area (Å²) in [5.74, 6) is -0.450. The summed E-state index contributed by atoms with van der Waals surface area (Å²) in [6.45, 7) is 1.19. The molecule has 34 heavy (non-hydrogen) atoms. The zero-order chi connectivity index (χ0) is 24.0. The SMILES string of the molecule is CN(C)C(=O)c1ccc2nc(N3CC(c4cnc(Nc5cnn(C)c5)c(C(N)=O)n4)C3)oc2c1. The van der Waals surface area contributed by atoms with E-state index in [4.69, 9.17) is 10.2 Å². The van der Waals surface area contributed by atoms with Crippen LogP contribution < -0.4 is 16.0 Å². The Kier molecular flexibility index (Phi) is 5.11. The Morgan fingerprint density at radius 3 is 2.68 bits per heavy atom. The van der Waals surface area contributed by atoms with E-state index < -0.39 is 5.91 Å². The molecule has 1 fully saturated rings. The Labute approximate surface area is 194 Å². The molecule has 4 heterocycles. The molecule has 12 nitrogen and oxygen atoms in total. The van der Waals surface area contributed by atoms with Crippen LogP contribution in [-0.2, 0) is 7.05 Å². The van der Waals surface area contributed by atoms with Crippen LogP contribution in [0.1, 0.15) is 32.5 Å². The smallest absolute Gasteiger partial charge is 0.298 e. The van der Waals surface area contributed by atoms with E-state index in [0.29, 0.717) is 47.1 Å². The van der Waals surface area contributed by atoms with Crippen LogP contribution in [0.2, 0.25) is 0 Å². The van der Waals surface area contributed by atoms with Crippen molar-refractivity contribution in [2.75, 3.05) is 37.4 Å². The molecule has 12 heteroatoms. The summed E-state index contributed by atoms with van der Waals surface area (Å²) in [6, 6.07) is 5.68. The van der Waals surface area contributed by atoms with Gasteiger partial charge in [-0.25, -0.2) is 9.97 Å². The van der Waals surface area contributed by atoms with E-state index >= 15 is 0 Å². The van der Waals surface area contributed by atoms with Gasteiger partial charge in [0.25, 0.3) is 17.8 Å². The number of carbonyl (C=O) groups excluding carboxylic acids is 2. The highest BCUT2D eigenvalue weighted by Crippen LogP contribution is 2.33. The van der Waals surface area contributed by atoms with E-state index in [0.717, 1.165) is 0 Å². The van der Waals surface area contributed by atoms with Gasteiger partial charge < -0.3 is 25.3 Å². The highest BCUT2D eigenvalue weighted by atomic mass is 16.4. The Morgan fingerprint density at radius 1 is 1.21 bits per heavy atom. The highest BCUT2D eigenvalue weighted by Gasteiger charge is 2.33. The monoisotopic (exact) mass is 461 g/mol. The minimum absolute atomic E-state index is 0.0407. The Hall–Kier alpha value is -4.48. The average Bonchev–Trinajstić information content (AvgIpc) is 3.37. The second kappa shape index (κ2) is 8.14. The first-order chi connectivity index (χ1) is 16.3. The topological polar surface area (TPSA) is 148 Å². The second-order valence-corrected chi connectivity index (χ2v) is 8.36. The van der Waals surface area contributed by atoms with Crippen LogP contribution in [0, 0.1) is 0 Å². The molecule has 3 aromatic heterocycles. The Bertz CT molecular complexity index is 1400. The number of oxazole rings is 1. The molecule has 0 aliphatic carbocycles. The summed E-state index contributed by atoms with van der Waals surface area (Å²) in [6.07, 6.45) is 5.01. The first kappa shape index (κ1) is 21.4. The number of hydrogen-bond donors (Lipinski definition) is 2. The summed E-state index contributed by atoms with van der Waals surface area (Å²) in [5.41, 5.74) is 8.72. The van der Waals surface area contributed by atoms with Gasteiger partial charge in [0.2, 0.25) is 0 Å². The molecule has 4 aromatic rings. The number of rotatable bonds is 6. The number of nitrogens with one attached hydrogen (secondary N) is 1. The number of anilines is 3. The molecule has 0 saturated carbocycles. The summed E-state index contributed by atoms with van der Waals surface area (Å²) in [5, 5.41) is 7.11. The summed E-state index contributed by atoms with van der Waals surface area (Å²) >= 11 is 0. The number of aromatic nitrogens is 5. The number of carbonyl (C=O) groups is 2. The quantitative estimate of drug-likeness (QED) is 0.436. The lowest BCUT2D eigenvalue weighted by atomic mass is 9.97. The largest absolute Gasteiger partial charge is 0.423 e. The Morgan fingerprint density at radius 2 is 2.00 bits per heavy atom. The molecule has 0 bridgehead atoms. The van der Waals surface area contributed by atoms with Gasteiger partial charge in [-0.05, 0) is 18.2 Å². The number of hydrogen-bond acceptors (Lipinski definition) is 9. The third-order valence-corrected chi connectivity index (χ3v) is 5.59. The molecule has 0 radical (unpaired) electrons. The van der Waals surface area contributed by atoms with Crippen LogP contribution in [-0.4, -0.2) is 68.6 Å². The maximum absolute atomic E-state index is 12.2. The first-order valence-electron chi connectivity index (χ1n) is 10.6. The molecule has 174 valence electrons. The Balaban J connectivity index is 1.31. The lowest BCUT2D eigenvalue weighted by Gasteiger charge is -2.37. The van der Waals surface area contributed by atoms with Crippen molar-refractivity contribution in [2.45, 2.75) is 5.92 Å². The number of primary amides is 1. The van der Waals surface area contributed by atoms with Crippen LogP contribution in [0.25, 0.3) is 11.1 Å². The van der Waals surface area contributed by atoms with Crippen molar-refractivity contribution in [3.63, 3.8) is 0 Å². The van der Waals surface area contributed by atoms with Crippen LogP contribution in [0.3, 0.4) is 0 Å². The molecule has 0 spiro atoms. The van der Waals surface area contributed by atoms with E-state index in [-0.39, 0.29) is 23.3 Å². The fraction of sp³-hybridized carbons (Fsp3) is 0.273. The minimum atomic E-state index is -0.668. The maximum Gasteiger partial charge on any atom is 0.298 e. The zero-order valence-electron chi connectivity index (χ0n) is 18.9. The predicted octanol–water partition coefficient (Wildman–Crippen LogP) is 1.50. The summed E-state index contributed by atoms with van der Waals surface area (Å²) in [4.78, 5) is 41.0. The molecule has 0 atom stereocenters. The summed E-state index contributed by atoms with van der Waals surface area (Å²) < 4.78 is 7.52. The van der Waals surface area contributed by atoms with Crippen molar-refractivity contribution in [1.29, 1.82) is 0 Å². The third-order valence-electron chi connectivity index (χ3n) is 5.59. The number of amides is 2. The molecule has 1 saturated heterocycles. The number of aryl methyl sites for hydroxylation is 1. The molecule has 5 rings (SSSR count). The number of fused-ring (bicyclic) bond motifs is 1. The first-order valence-corrected chi connectivity index (χ1v) is 10.6. The van der Waals surface area contributed by atoms with Gasteiger partial charge in [0.1, 0.15) is 5.52 Å². The highest BCUT2D eigenvalue weighted by molar-refractivity contribution is 5.97. The van der Waals surface area contributed by atoms with Gasteiger partial charge in [-0.3, -0.25) is 14.3 Å². The summed E-state index contributed by atoms with van der Waals surface area (Å²) in [7, 11) is 5.19. The lowest BCUT2D eigenvalue weighted by molar-refractivity contribution is 0.0827. The van der Waals surface area contributed by atoms with Crippen molar-refractivity contribution in [2.24, 2.45) is 12.8 Å². The fourth-order valence-corrected chi connectivity index (χ4v) is 3.75. The van der Waals surface area contributed by atoms with Crippen LogP contribution >= 0.6 is 0 Å². The molecule has 0 unspecified atom stereocenters. The molecular formula is C22H23N9O3. The third kappa shape index (κ3) is 3.89. The van der Waals surface area contributed by atoms with E-state index in [9.17, 15) is 9.59 Å². The van der Waals surface area contributed by atoms with Crippen molar-refractivity contribution in [1.82, 2.24) is 29.6 Å². The molecule has 3 N–H and O–H groups in total. The van der Waals surface area contributed by atoms with Gasteiger partial charge in [-0.2, -0.15) is 10.1 Å². The van der Waals surface area contributed by atoms with Crippen molar-refractivity contribution in [3.8, 4) is 0 Å². The van der Waals surface area contributed by atoms with E-state index in [1.54, 1.807) is 62.6 Å². The molecule has 1 aliphatic rings.